The van der Waals surface area contributed by atoms with Gasteiger partial charge in [0.2, 0.25) is 0 Å². The highest BCUT2D eigenvalue weighted by atomic mass is 16.1. The van der Waals surface area contributed by atoms with E-state index < -0.39 is 5.91 Å². The Labute approximate surface area is 81.4 Å². The molecule has 0 spiro atoms. The summed E-state index contributed by atoms with van der Waals surface area (Å²) in [5.74, 6) is -0.430. The molecule has 0 saturated heterocycles. The first-order valence-electron chi connectivity index (χ1n) is 4.49. The van der Waals surface area contributed by atoms with Crippen LogP contribution in [-0.4, -0.2) is 15.3 Å². The number of aromatic nitrogens is 2. The fraction of sp³-hybridized carbons (Fsp3) is 0.200. The summed E-state index contributed by atoms with van der Waals surface area (Å²) in [6.07, 6.45) is 2.50. The van der Waals surface area contributed by atoms with Crippen LogP contribution in [0, 0.1) is 0 Å². The zero-order valence-electron chi connectivity index (χ0n) is 7.90. The van der Waals surface area contributed by atoms with Crippen LogP contribution in [0.15, 0.2) is 24.4 Å². The van der Waals surface area contributed by atoms with Crippen LogP contribution in [0.2, 0.25) is 0 Å². The van der Waals surface area contributed by atoms with Crippen molar-refractivity contribution in [3.05, 3.63) is 35.8 Å². The zero-order chi connectivity index (χ0) is 10.1. The largest absolute Gasteiger partial charge is 0.364 e. The summed E-state index contributed by atoms with van der Waals surface area (Å²) in [7, 11) is 0. The third-order valence-electron chi connectivity index (χ3n) is 2.17. The minimum Gasteiger partial charge on any atom is -0.364 e. The van der Waals surface area contributed by atoms with E-state index in [-0.39, 0.29) is 0 Å². The maximum atomic E-state index is 11.2. The quantitative estimate of drug-likeness (QED) is 0.766. The highest BCUT2D eigenvalue weighted by molar-refractivity contribution is 5.93. The molecule has 2 rings (SSSR count). The molecule has 1 amide bonds. The van der Waals surface area contributed by atoms with Crippen LogP contribution in [0.3, 0.4) is 0 Å². The molecule has 2 heterocycles. The van der Waals surface area contributed by atoms with Crippen molar-refractivity contribution in [2.75, 3.05) is 0 Å². The van der Waals surface area contributed by atoms with Gasteiger partial charge in [-0.2, -0.15) is 0 Å². The number of pyridine rings is 1. The van der Waals surface area contributed by atoms with E-state index in [9.17, 15) is 4.79 Å². The van der Waals surface area contributed by atoms with Gasteiger partial charge in [-0.05, 0) is 18.6 Å². The van der Waals surface area contributed by atoms with Crippen LogP contribution in [0.4, 0.5) is 0 Å². The van der Waals surface area contributed by atoms with Crippen LogP contribution < -0.4 is 5.73 Å². The summed E-state index contributed by atoms with van der Waals surface area (Å²) in [5.41, 5.74) is 7.31. The van der Waals surface area contributed by atoms with Crippen molar-refractivity contribution >= 4 is 11.6 Å². The lowest BCUT2D eigenvalue weighted by Crippen LogP contribution is -2.15. The molecule has 0 atom stereocenters. The van der Waals surface area contributed by atoms with E-state index in [1.807, 2.05) is 25.1 Å². The monoisotopic (exact) mass is 189 g/mol. The molecule has 72 valence electrons. The van der Waals surface area contributed by atoms with Crippen LogP contribution in [0.5, 0.6) is 0 Å². The van der Waals surface area contributed by atoms with Gasteiger partial charge in [0, 0.05) is 6.20 Å². The highest BCUT2D eigenvalue weighted by Crippen LogP contribution is 2.12. The Morgan fingerprint density at radius 1 is 1.57 bits per heavy atom. The first-order valence-corrected chi connectivity index (χ1v) is 4.49. The number of carbonyl (C=O) groups is 1. The number of primary amides is 1. The zero-order valence-corrected chi connectivity index (χ0v) is 7.90. The molecule has 0 aliphatic rings. The second kappa shape index (κ2) is 3.14. The molecule has 0 aliphatic heterocycles. The van der Waals surface area contributed by atoms with E-state index >= 15 is 0 Å². The first-order chi connectivity index (χ1) is 6.74. The Balaban J connectivity index is 2.81. The number of aryl methyl sites for hydroxylation is 1. The minimum absolute atomic E-state index is 0.430. The molecule has 0 fully saturated rings. The molecular formula is C10H11N3O. The van der Waals surface area contributed by atoms with Crippen LogP contribution in [0.1, 0.15) is 23.1 Å². The molecule has 0 aromatic carbocycles. The number of nitrogens with two attached hydrogens (primary N) is 1. The standard InChI is InChI=1S/C10H11N3O/c1-2-7-9(10(11)14)13-6-4-3-5-8(13)12-7/h3-6H,2H2,1H3,(H2,11,14). The Bertz CT molecular complexity index is 487. The van der Waals surface area contributed by atoms with Crippen LogP contribution in [-0.2, 0) is 6.42 Å². The van der Waals surface area contributed by atoms with Crippen molar-refractivity contribution in [1.29, 1.82) is 0 Å². The second-order valence-electron chi connectivity index (χ2n) is 3.05. The van der Waals surface area contributed by atoms with Gasteiger partial charge in [-0.15, -0.1) is 0 Å². The summed E-state index contributed by atoms with van der Waals surface area (Å²) in [4.78, 5) is 15.5. The molecular weight excluding hydrogens is 178 g/mol. The Morgan fingerprint density at radius 3 is 3.00 bits per heavy atom. The third kappa shape index (κ3) is 1.16. The fourth-order valence-electron chi connectivity index (χ4n) is 1.55. The van der Waals surface area contributed by atoms with Gasteiger partial charge < -0.3 is 5.73 Å². The first kappa shape index (κ1) is 8.74. The minimum atomic E-state index is -0.430. The molecule has 2 aromatic rings. The Hall–Kier alpha value is -1.84. The molecule has 0 unspecified atom stereocenters. The van der Waals surface area contributed by atoms with E-state index in [2.05, 4.69) is 4.98 Å². The van der Waals surface area contributed by atoms with Gasteiger partial charge in [0.15, 0.2) is 0 Å². The number of imidazole rings is 1. The summed E-state index contributed by atoms with van der Waals surface area (Å²) in [5, 5.41) is 0. The molecule has 4 heteroatoms. The van der Waals surface area contributed by atoms with Crippen LogP contribution in [0.25, 0.3) is 5.65 Å². The molecule has 4 nitrogen and oxygen atoms in total. The number of rotatable bonds is 2. The van der Waals surface area contributed by atoms with Crippen LogP contribution >= 0.6 is 0 Å². The smallest absolute Gasteiger partial charge is 0.267 e. The Morgan fingerprint density at radius 2 is 2.36 bits per heavy atom. The molecule has 14 heavy (non-hydrogen) atoms. The number of amides is 1. The second-order valence-corrected chi connectivity index (χ2v) is 3.05. The average molecular weight is 189 g/mol. The summed E-state index contributed by atoms with van der Waals surface area (Å²) in [6, 6.07) is 5.58. The molecule has 2 aromatic heterocycles. The van der Waals surface area contributed by atoms with Gasteiger partial charge >= 0.3 is 0 Å². The molecule has 0 aliphatic carbocycles. The molecule has 0 radical (unpaired) electrons. The lowest BCUT2D eigenvalue weighted by Gasteiger charge is -1.97. The SMILES string of the molecule is CCc1nc2ccccn2c1C(N)=O. The third-order valence-corrected chi connectivity index (χ3v) is 2.17. The van der Waals surface area contributed by atoms with E-state index in [1.165, 1.54) is 0 Å². The van der Waals surface area contributed by atoms with Crippen molar-refractivity contribution in [2.24, 2.45) is 5.73 Å². The van der Waals surface area contributed by atoms with E-state index in [4.69, 9.17) is 5.73 Å². The summed E-state index contributed by atoms with van der Waals surface area (Å²) in [6.45, 7) is 1.95. The number of carbonyl (C=O) groups excluding carboxylic acids is 1. The van der Waals surface area contributed by atoms with Gasteiger partial charge in [-0.3, -0.25) is 9.20 Å². The normalized spacial score (nSPS) is 10.6. The number of fused-ring (bicyclic) bond motifs is 1. The fourth-order valence-corrected chi connectivity index (χ4v) is 1.55. The number of hydrogen-bond donors (Lipinski definition) is 1. The predicted octanol–water partition coefficient (Wildman–Crippen LogP) is 0.996. The highest BCUT2D eigenvalue weighted by Gasteiger charge is 2.14. The summed E-state index contributed by atoms with van der Waals surface area (Å²) >= 11 is 0. The van der Waals surface area contributed by atoms with E-state index in [0.29, 0.717) is 12.1 Å². The van der Waals surface area contributed by atoms with Crippen molar-refractivity contribution in [3.63, 3.8) is 0 Å². The average Bonchev–Trinajstić information content (AvgIpc) is 2.55. The Kier molecular flexibility index (Phi) is 1.96. The van der Waals surface area contributed by atoms with Gasteiger partial charge in [0.25, 0.3) is 5.91 Å². The molecule has 0 bridgehead atoms. The van der Waals surface area contributed by atoms with Gasteiger partial charge in [-0.25, -0.2) is 4.98 Å². The molecule has 0 saturated carbocycles. The predicted molar refractivity (Wildman–Crippen MR) is 53.1 cm³/mol. The van der Waals surface area contributed by atoms with Gasteiger partial charge in [0.05, 0.1) is 5.69 Å². The van der Waals surface area contributed by atoms with Crippen molar-refractivity contribution < 1.29 is 4.79 Å². The van der Waals surface area contributed by atoms with E-state index in [1.54, 1.807) is 10.6 Å². The van der Waals surface area contributed by atoms with Crippen molar-refractivity contribution in [1.82, 2.24) is 9.38 Å². The van der Waals surface area contributed by atoms with E-state index in [0.717, 1.165) is 11.3 Å². The van der Waals surface area contributed by atoms with Gasteiger partial charge in [0.1, 0.15) is 11.3 Å². The lowest BCUT2D eigenvalue weighted by molar-refractivity contribution is 0.0994. The van der Waals surface area contributed by atoms with Gasteiger partial charge in [-0.1, -0.05) is 13.0 Å². The van der Waals surface area contributed by atoms with Crippen molar-refractivity contribution in [3.8, 4) is 0 Å². The number of nitrogens with zero attached hydrogens (tertiary/aromatic N) is 2. The summed E-state index contributed by atoms with van der Waals surface area (Å²) < 4.78 is 1.72. The molecule has 2 N–H and O–H groups in total. The maximum absolute atomic E-state index is 11.2. The topological polar surface area (TPSA) is 60.4 Å². The number of hydrogen-bond acceptors (Lipinski definition) is 2. The lowest BCUT2D eigenvalue weighted by atomic mass is 10.2. The maximum Gasteiger partial charge on any atom is 0.267 e. The van der Waals surface area contributed by atoms with Crippen molar-refractivity contribution in [2.45, 2.75) is 13.3 Å².